The van der Waals surface area contributed by atoms with Crippen LogP contribution >= 0.6 is 24.0 Å². The van der Waals surface area contributed by atoms with Gasteiger partial charge in [0.2, 0.25) is 5.91 Å². The summed E-state index contributed by atoms with van der Waals surface area (Å²) in [6.45, 7) is 3.65. The van der Waals surface area contributed by atoms with Crippen molar-refractivity contribution in [2.75, 3.05) is 26.2 Å². The van der Waals surface area contributed by atoms with Gasteiger partial charge in [-0.25, -0.2) is 0 Å². The average Bonchev–Trinajstić information content (AvgIpc) is 3.06. The number of amides is 1. The van der Waals surface area contributed by atoms with Gasteiger partial charge in [0.1, 0.15) is 0 Å². The molecule has 0 spiro atoms. The van der Waals surface area contributed by atoms with Crippen molar-refractivity contribution in [3.8, 4) is 0 Å². The fourth-order valence-corrected chi connectivity index (χ4v) is 3.87. The van der Waals surface area contributed by atoms with Gasteiger partial charge in [-0.1, -0.05) is 36.6 Å². The minimum Gasteiger partial charge on any atom is -0.353 e. The van der Waals surface area contributed by atoms with Crippen LogP contribution in [0, 0.1) is 0 Å². The van der Waals surface area contributed by atoms with Crippen LogP contribution in [0.15, 0.2) is 24.3 Å². The van der Waals surface area contributed by atoms with Crippen molar-refractivity contribution in [2.45, 2.75) is 44.2 Å². The molecule has 2 fully saturated rings. The topological polar surface area (TPSA) is 44.4 Å². The van der Waals surface area contributed by atoms with E-state index in [1.165, 1.54) is 18.4 Å². The van der Waals surface area contributed by atoms with E-state index >= 15 is 0 Å². The lowest BCUT2D eigenvalue weighted by atomic mass is 10.0. The summed E-state index contributed by atoms with van der Waals surface area (Å²) in [5, 5.41) is 7.39. The largest absolute Gasteiger partial charge is 0.353 e. The number of nitrogens with zero attached hydrogens (tertiary/aromatic N) is 1. The molecule has 6 heteroatoms. The summed E-state index contributed by atoms with van der Waals surface area (Å²) in [5.41, 5.74) is 1.22. The molecule has 0 bridgehead atoms. The Bertz CT molecular complexity index is 535. The number of halogens is 2. The predicted molar refractivity (Wildman–Crippen MR) is 101 cm³/mol. The molecule has 4 nitrogen and oxygen atoms in total. The van der Waals surface area contributed by atoms with Gasteiger partial charge < -0.3 is 10.6 Å². The van der Waals surface area contributed by atoms with Gasteiger partial charge >= 0.3 is 0 Å². The van der Waals surface area contributed by atoms with Gasteiger partial charge in [-0.05, 0) is 30.5 Å². The molecule has 2 N–H and O–H groups in total. The standard InChI is InChI=1S/C18H26ClN3O.ClH/c19-15-5-3-4-14(12-15)17-13-20-9-11-22(17)10-8-18(23)21-16-6-1-2-7-16;/h3-5,12,16-17,20H,1-2,6-11,13H2,(H,21,23);1H. The highest BCUT2D eigenvalue weighted by molar-refractivity contribution is 6.30. The van der Waals surface area contributed by atoms with Crippen LogP contribution in [-0.2, 0) is 4.79 Å². The highest BCUT2D eigenvalue weighted by atomic mass is 35.5. The molecule has 0 aromatic heterocycles. The second kappa shape index (κ2) is 9.62. The molecule has 134 valence electrons. The van der Waals surface area contributed by atoms with E-state index in [1.807, 2.05) is 18.2 Å². The molecule has 1 atom stereocenters. The molecule has 1 unspecified atom stereocenters. The highest BCUT2D eigenvalue weighted by Crippen LogP contribution is 2.25. The monoisotopic (exact) mass is 371 g/mol. The van der Waals surface area contributed by atoms with Gasteiger partial charge in [0.05, 0.1) is 0 Å². The zero-order chi connectivity index (χ0) is 16.1. The van der Waals surface area contributed by atoms with E-state index in [-0.39, 0.29) is 18.3 Å². The minimum absolute atomic E-state index is 0. The SMILES string of the molecule is Cl.O=C(CCN1CCNCC1c1cccc(Cl)c1)NC1CCCC1. The molecule has 1 saturated carbocycles. The average molecular weight is 372 g/mol. The van der Waals surface area contributed by atoms with Crippen LogP contribution in [0.1, 0.15) is 43.7 Å². The van der Waals surface area contributed by atoms with Crippen LogP contribution in [0.3, 0.4) is 0 Å². The Balaban J connectivity index is 0.00000208. The number of hydrogen-bond donors (Lipinski definition) is 2. The Labute approximate surface area is 155 Å². The molecular formula is C18H27Cl2N3O. The number of rotatable bonds is 5. The maximum atomic E-state index is 12.2. The number of carbonyl (C=O) groups is 1. The van der Waals surface area contributed by atoms with Gasteiger partial charge in [-0.2, -0.15) is 0 Å². The van der Waals surface area contributed by atoms with Crippen LogP contribution < -0.4 is 10.6 Å². The third kappa shape index (κ3) is 5.35. The van der Waals surface area contributed by atoms with Crippen molar-refractivity contribution in [1.82, 2.24) is 15.5 Å². The van der Waals surface area contributed by atoms with Crippen LogP contribution in [0.2, 0.25) is 5.02 Å². The molecule has 3 rings (SSSR count). The molecule has 0 radical (unpaired) electrons. The van der Waals surface area contributed by atoms with Crippen LogP contribution in [-0.4, -0.2) is 43.0 Å². The first-order chi connectivity index (χ1) is 11.2. The van der Waals surface area contributed by atoms with Gasteiger partial charge in [-0.3, -0.25) is 9.69 Å². The van der Waals surface area contributed by atoms with Crippen molar-refractivity contribution in [3.05, 3.63) is 34.9 Å². The molecule has 1 aliphatic heterocycles. The Kier molecular flexibility index (Phi) is 7.82. The third-order valence-electron chi connectivity index (χ3n) is 4.93. The first-order valence-electron chi connectivity index (χ1n) is 8.72. The Morgan fingerprint density at radius 1 is 1.33 bits per heavy atom. The van der Waals surface area contributed by atoms with E-state index in [4.69, 9.17) is 11.6 Å². The van der Waals surface area contributed by atoms with Gasteiger partial charge in [-0.15, -0.1) is 12.4 Å². The van der Waals surface area contributed by atoms with Crippen molar-refractivity contribution in [1.29, 1.82) is 0 Å². The molecule has 1 heterocycles. The molecular weight excluding hydrogens is 345 g/mol. The first kappa shape index (κ1) is 19.5. The number of hydrogen-bond acceptors (Lipinski definition) is 3. The third-order valence-corrected chi connectivity index (χ3v) is 5.17. The van der Waals surface area contributed by atoms with Crippen LogP contribution in [0.4, 0.5) is 0 Å². The smallest absolute Gasteiger partial charge is 0.221 e. The summed E-state index contributed by atoms with van der Waals surface area (Å²) in [6.07, 6.45) is 5.36. The normalized spacial score (nSPS) is 22.1. The van der Waals surface area contributed by atoms with Crippen molar-refractivity contribution in [2.24, 2.45) is 0 Å². The van der Waals surface area contributed by atoms with Crippen molar-refractivity contribution in [3.63, 3.8) is 0 Å². The molecule has 1 aromatic rings. The maximum absolute atomic E-state index is 12.2. The van der Waals surface area contributed by atoms with E-state index in [9.17, 15) is 4.79 Å². The lowest BCUT2D eigenvalue weighted by Crippen LogP contribution is -2.47. The number of nitrogens with one attached hydrogen (secondary N) is 2. The summed E-state index contributed by atoms with van der Waals surface area (Å²) in [6, 6.07) is 8.76. The van der Waals surface area contributed by atoms with Crippen molar-refractivity contribution < 1.29 is 4.79 Å². The maximum Gasteiger partial charge on any atom is 0.221 e. The van der Waals surface area contributed by atoms with Gasteiger partial charge in [0.25, 0.3) is 0 Å². The molecule has 1 amide bonds. The summed E-state index contributed by atoms with van der Waals surface area (Å²) in [4.78, 5) is 14.6. The number of piperazine rings is 1. The Morgan fingerprint density at radius 3 is 2.88 bits per heavy atom. The summed E-state index contributed by atoms with van der Waals surface area (Å²) in [5.74, 6) is 0.195. The highest BCUT2D eigenvalue weighted by Gasteiger charge is 2.25. The van der Waals surface area contributed by atoms with E-state index in [0.717, 1.165) is 44.0 Å². The summed E-state index contributed by atoms with van der Waals surface area (Å²) >= 11 is 6.13. The minimum atomic E-state index is 0. The molecule has 24 heavy (non-hydrogen) atoms. The molecule has 1 aromatic carbocycles. The fourth-order valence-electron chi connectivity index (χ4n) is 3.67. The Hall–Kier alpha value is -0.810. The number of carbonyl (C=O) groups excluding carboxylic acids is 1. The summed E-state index contributed by atoms with van der Waals surface area (Å²) in [7, 11) is 0. The fraction of sp³-hybridized carbons (Fsp3) is 0.611. The summed E-state index contributed by atoms with van der Waals surface area (Å²) < 4.78 is 0. The zero-order valence-corrected chi connectivity index (χ0v) is 15.5. The first-order valence-corrected chi connectivity index (χ1v) is 9.10. The van der Waals surface area contributed by atoms with E-state index in [1.54, 1.807) is 0 Å². The molecule has 2 aliphatic rings. The van der Waals surface area contributed by atoms with Crippen LogP contribution in [0.25, 0.3) is 0 Å². The van der Waals surface area contributed by atoms with Crippen molar-refractivity contribution >= 4 is 29.9 Å². The second-order valence-corrected chi connectivity index (χ2v) is 7.05. The molecule has 1 saturated heterocycles. The van der Waals surface area contributed by atoms with E-state index < -0.39 is 0 Å². The lowest BCUT2D eigenvalue weighted by molar-refractivity contribution is -0.122. The number of benzene rings is 1. The van der Waals surface area contributed by atoms with Gasteiger partial charge in [0, 0.05) is 49.7 Å². The lowest BCUT2D eigenvalue weighted by Gasteiger charge is -2.36. The quantitative estimate of drug-likeness (QED) is 0.835. The zero-order valence-electron chi connectivity index (χ0n) is 14.0. The second-order valence-electron chi connectivity index (χ2n) is 6.61. The Morgan fingerprint density at radius 2 is 2.12 bits per heavy atom. The molecule has 1 aliphatic carbocycles. The van der Waals surface area contributed by atoms with E-state index in [0.29, 0.717) is 18.5 Å². The van der Waals surface area contributed by atoms with Crippen LogP contribution in [0.5, 0.6) is 0 Å². The van der Waals surface area contributed by atoms with Gasteiger partial charge in [0.15, 0.2) is 0 Å². The predicted octanol–water partition coefficient (Wildman–Crippen LogP) is 3.16. The van der Waals surface area contributed by atoms with E-state index in [2.05, 4.69) is 21.6 Å².